The zero-order valence-electron chi connectivity index (χ0n) is 7.75. The molecule has 0 aliphatic carbocycles. The van der Waals surface area contributed by atoms with Crippen molar-refractivity contribution in [2.45, 2.75) is 0 Å². The monoisotopic (exact) mass is 671 g/mol. The Labute approximate surface area is 186 Å². The summed E-state index contributed by atoms with van der Waals surface area (Å²) >= 11 is 0. The van der Waals surface area contributed by atoms with Gasteiger partial charge >= 0.3 is 108 Å². The summed E-state index contributed by atoms with van der Waals surface area (Å²) in [4.78, 5) is 76.9. The maximum Gasteiger partial charge on any atom is 3.00 e. The van der Waals surface area contributed by atoms with Gasteiger partial charge in [0.1, 0.15) is 0 Å². The van der Waals surface area contributed by atoms with Crippen LogP contribution in [-0.4, -0.2) is 0 Å². The van der Waals surface area contributed by atoms with Crippen molar-refractivity contribution in [2.75, 3.05) is 0 Å². The number of hydrogen-bond donors (Lipinski definition) is 0. The van der Waals surface area contributed by atoms with Crippen LogP contribution in [0.5, 0.6) is 0 Å². The molecule has 18 heteroatoms. The van der Waals surface area contributed by atoms with E-state index >= 15 is 0 Å². The van der Waals surface area contributed by atoms with Crippen LogP contribution in [0.3, 0.4) is 0 Å². The third-order valence-corrected chi connectivity index (χ3v) is 0. The summed E-state index contributed by atoms with van der Waals surface area (Å²) in [6, 6.07) is 0. The summed E-state index contributed by atoms with van der Waals surface area (Å²) in [5.74, 6) is 0. The third kappa shape index (κ3) is 459. The van der Waals surface area contributed by atoms with Gasteiger partial charge in [-0.05, 0) is 0 Å². The number of rotatable bonds is 0. The molecule has 0 rings (SSSR count). The molecule has 0 aromatic heterocycles. The molecule has 0 aliphatic rings. The van der Waals surface area contributed by atoms with E-state index in [0.29, 0.717) is 0 Å². The summed E-state index contributed by atoms with van der Waals surface area (Å²) in [7, 11) is -16.2. The summed E-state index contributed by atoms with van der Waals surface area (Å²) < 4.78 is 25.6. The molecule has 0 bridgehead atoms. The first-order chi connectivity index (χ1) is 6.00. The molecule has 12 nitrogen and oxygen atoms in total. The van der Waals surface area contributed by atoms with Crippen LogP contribution in [0.15, 0.2) is 0 Å². The topological polar surface area (TPSA) is 259 Å². The summed E-state index contributed by atoms with van der Waals surface area (Å²) in [6.45, 7) is 0. The molecule has 0 saturated heterocycles. The van der Waals surface area contributed by atoms with Gasteiger partial charge < -0.3 is 57.7 Å². The molecule has 101 valence electrons. The van der Waals surface area contributed by atoms with Crippen LogP contribution in [0, 0.1) is 75.5 Å². The second-order valence-electron chi connectivity index (χ2n) is 1.34. The summed E-state index contributed by atoms with van der Waals surface area (Å²) in [5.41, 5.74) is 0. The van der Waals surface area contributed by atoms with Gasteiger partial charge in [-0.2, -0.15) is 23.5 Å². The van der Waals surface area contributed by atoms with Gasteiger partial charge in [-0.25, -0.2) is 0 Å². The Morgan fingerprint density at radius 3 is 0.500 bits per heavy atom. The van der Waals surface area contributed by atoms with Gasteiger partial charge in [0.2, 0.25) is 0 Å². The second kappa shape index (κ2) is 17.3. The van der Waals surface area contributed by atoms with Crippen LogP contribution < -0.4 is 44.0 Å². The standard InChI is InChI=1S/Gd.La.3H3O4P.Y/c;;3*1-5(2,3)4;/h;;3*(H3,1,2,3,4);/q2*+3;;;;+3/p-9. The van der Waals surface area contributed by atoms with E-state index in [4.69, 9.17) is 57.7 Å². The molecule has 0 spiro atoms. The SMILES string of the molecule is O=P([O-])([O-])[O-].O=P([O-])([O-])[O-].O=P([O-])([O-])[O-].[Gd+3].[La+3].[Y+3]. The van der Waals surface area contributed by atoms with Crippen molar-refractivity contribution < 1.29 is 166 Å². The number of hydrogen-bond acceptors (Lipinski definition) is 12. The van der Waals surface area contributed by atoms with Gasteiger partial charge in [0.05, 0.1) is 0 Å². The van der Waals surface area contributed by atoms with Gasteiger partial charge in [0, 0.05) is 0 Å². The summed E-state index contributed by atoms with van der Waals surface area (Å²) in [5, 5.41) is 0. The van der Waals surface area contributed by atoms with E-state index in [1.165, 1.54) is 0 Å². The van der Waals surface area contributed by atoms with Gasteiger partial charge in [0.15, 0.2) is 0 Å². The van der Waals surface area contributed by atoms with Crippen LogP contribution in [0.4, 0.5) is 0 Å². The normalized spacial score (nSPS) is 9.83. The van der Waals surface area contributed by atoms with Crippen molar-refractivity contribution in [1.82, 2.24) is 0 Å². The molecule has 0 heterocycles. The second-order valence-corrected chi connectivity index (χ2v) is 4.02. The molecule has 0 N–H and O–H groups in total. The fraction of sp³-hybridized carbons (Fsp3) is 0. The molecule has 0 amide bonds. The minimum atomic E-state index is -5.39. The van der Waals surface area contributed by atoms with E-state index in [2.05, 4.69) is 0 Å². The predicted molar refractivity (Wildman–Crippen MR) is 22.8 cm³/mol. The van der Waals surface area contributed by atoms with E-state index in [-0.39, 0.29) is 108 Å². The van der Waals surface area contributed by atoms with Crippen LogP contribution >= 0.6 is 23.5 Å². The minimum Gasteiger partial charge on any atom is -0.822 e. The zero-order chi connectivity index (χ0) is 13.5. The van der Waals surface area contributed by atoms with Gasteiger partial charge in [0.25, 0.3) is 0 Å². The van der Waals surface area contributed by atoms with Crippen molar-refractivity contribution in [3.63, 3.8) is 0 Å². The predicted octanol–water partition coefficient (Wildman–Crippen LogP) is -8.48. The Bertz CT molecular complexity index is 213. The van der Waals surface area contributed by atoms with Crippen LogP contribution in [0.25, 0.3) is 0 Å². The van der Waals surface area contributed by atoms with Crippen LogP contribution in [-0.2, 0) is 46.4 Å². The van der Waals surface area contributed by atoms with Crippen molar-refractivity contribution in [3.8, 4) is 0 Å². The average Bonchev–Trinajstić information content (AvgIpc) is 1.41. The Balaban J connectivity index is -0.0000000277. The van der Waals surface area contributed by atoms with E-state index in [0.717, 1.165) is 0 Å². The Kier molecular flexibility index (Phi) is 36.4. The Morgan fingerprint density at radius 1 is 0.500 bits per heavy atom. The third-order valence-electron chi connectivity index (χ3n) is 0. The maximum absolute atomic E-state index is 8.55. The molecule has 0 unspecified atom stereocenters. The number of phosphoric acid groups is 3. The fourth-order valence-electron chi connectivity index (χ4n) is 0. The van der Waals surface area contributed by atoms with E-state index in [9.17, 15) is 0 Å². The van der Waals surface area contributed by atoms with Crippen molar-refractivity contribution in [2.24, 2.45) is 0 Å². The molecule has 0 atom stereocenters. The average molecular weight is 670 g/mol. The first kappa shape index (κ1) is 37.9. The molecule has 0 aromatic rings. The Morgan fingerprint density at radius 2 is 0.500 bits per heavy atom. The van der Waals surface area contributed by atoms with E-state index in [1.54, 1.807) is 0 Å². The zero-order valence-corrected chi connectivity index (χ0v) is 19.2. The van der Waals surface area contributed by atoms with Gasteiger partial charge in [-0.3, -0.25) is 0 Å². The fourth-order valence-corrected chi connectivity index (χ4v) is 0. The molecule has 0 aromatic carbocycles. The van der Waals surface area contributed by atoms with Crippen molar-refractivity contribution in [3.05, 3.63) is 0 Å². The van der Waals surface area contributed by atoms with Crippen LogP contribution in [0.2, 0.25) is 0 Å². The first-order valence-corrected chi connectivity index (χ1v) is 6.57. The first-order valence-electron chi connectivity index (χ1n) is 2.19. The molecule has 1 radical (unpaired) electrons. The molecule has 0 aliphatic heterocycles. The molecular weight excluding hydrogens is 670 g/mol. The molecule has 0 saturated carbocycles. The molecule has 18 heavy (non-hydrogen) atoms. The Hall–Kier alpha value is 3.95. The maximum atomic E-state index is 8.55. The van der Waals surface area contributed by atoms with Crippen molar-refractivity contribution in [1.29, 1.82) is 0 Å². The minimum absolute atomic E-state index is 0. The smallest absolute Gasteiger partial charge is 0.822 e. The molecule has 0 fully saturated rings. The summed E-state index contributed by atoms with van der Waals surface area (Å²) in [6.07, 6.45) is 0. The van der Waals surface area contributed by atoms with Gasteiger partial charge in [-0.1, -0.05) is 0 Å². The quantitative estimate of drug-likeness (QED) is 0.218. The van der Waals surface area contributed by atoms with E-state index in [1.807, 2.05) is 0 Å². The van der Waals surface area contributed by atoms with E-state index < -0.39 is 23.5 Å². The van der Waals surface area contributed by atoms with Gasteiger partial charge in [-0.15, -0.1) is 0 Å². The largest absolute Gasteiger partial charge is 3.00 e. The molecular formula is GdLaO12P3Y. The van der Waals surface area contributed by atoms with Crippen LogP contribution in [0.1, 0.15) is 0 Å². The van der Waals surface area contributed by atoms with Crippen molar-refractivity contribution >= 4 is 23.5 Å².